The topological polar surface area (TPSA) is 160 Å². The Labute approximate surface area is 162 Å². The second kappa shape index (κ2) is 6.64. The van der Waals surface area contributed by atoms with Gasteiger partial charge in [0.1, 0.15) is 22.5 Å². The minimum atomic E-state index is -1.55. The largest absolute Gasteiger partial charge is 0.478 e. The lowest BCUT2D eigenvalue weighted by atomic mass is 9.93. The van der Waals surface area contributed by atoms with Crippen LogP contribution in [-0.2, 0) is 0 Å². The van der Waals surface area contributed by atoms with Crippen molar-refractivity contribution in [1.29, 1.82) is 0 Å². The number of nitrogens with zero attached hydrogens (tertiary/aromatic N) is 1. The molecule has 0 aliphatic heterocycles. The molecular weight excluding hydrogens is 378 g/mol. The number of H-pyrrole nitrogens is 1. The zero-order chi connectivity index (χ0) is 20.7. The van der Waals surface area contributed by atoms with Crippen LogP contribution in [0.15, 0.2) is 58.1 Å². The third-order valence-electron chi connectivity index (χ3n) is 4.51. The van der Waals surface area contributed by atoms with E-state index in [9.17, 15) is 24.6 Å². The molecule has 0 amide bonds. The number of carboxylic acids is 2. The van der Waals surface area contributed by atoms with Gasteiger partial charge in [-0.15, -0.1) is 0 Å². The number of benzene rings is 2. The molecule has 0 aliphatic carbocycles. The van der Waals surface area contributed by atoms with E-state index in [2.05, 4.69) is 9.97 Å². The number of hydrogen-bond donors (Lipinski definition) is 4. The van der Waals surface area contributed by atoms with Gasteiger partial charge in [-0.1, -0.05) is 30.3 Å². The Morgan fingerprint density at radius 1 is 0.931 bits per heavy atom. The predicted molar refractivity (Wildman–Crippen MR) is 104 cm³/mol. The van der Waals surface area contributed by atoms with Gasteiger partial charge in [0.15, 0.2) is 12.0 Å². The minimum Gasteiger partial charge on any atom is -0.478 e. The number of anilines is 1. The van der Waals surface area contributed by atoms with Gasteiger partial charge in [0.2, 0.25) is 0 Å². The van der Waals surface area contributed by atoms with Gasteiger partial charge < -0.3 is 25.3 Å². The average Bonchev–Trinajstić information content (AvgIpc) is 3.14. The number of oxazole rings is 1. The number of rotatable bonds is 4. The third kappa shape index (κ3) is 3.00. The van der Waals surface area contributed by atoms with Crippen molar-refractivity contribution in [2.75, 3.05) is 5.73 Å². The number of nitrogens with two attached hydrogens (primary N) is 1. The molecule has 9 nitrogen and oxygen atoms in total. The molecule has 4 aromatic rings. The van der Waals surface area contributed by atoms with Crippen LogP contribution in [-0.4, -0.2) is 32.1 Å². The third-order valence-corrected chi connectivity index (χ3v) is 4.51. The van der Waals surface area contributed by atoms with Gasteiger partial charge in [0.25, 0.3) is 5.56 Å². The molecule has 2 heterocycles. The van der Waals surface area contributed by atoms with E-state index < -0.39 is 34.4 Å². The Hall–Kier alpha value is -4.40. The zero-order valence-electron chi connectivity index (χ0n) is 14.7. The van der Waals surface area contributed by atoms with Crippen LogP contribution in [0.1, 0.15) is 20.7 Å². The molecule has 0 fully saturated rings. The lowest BCUT2D eigenvalue weighted by Gasteiger charge is -2.12. The highest BCUT2D eigenvalue weighted by Crippen LogP contribution is 2.31. The Bertz CT molecular complexity index is 1330. The second-order valence-electron chi connectivity index (χ2n) is 6.22. The summed E-state index contributed by atoms with van der Waals surface area (Å²) in [5.41, 5.74) is 6.44. The Morgan fingerprint density at radius 3 is 2.21 bits per heavy atom. The Kier molecular flexibility index (Phi) is 4.12. The summed E-state index contributed by atoms with van der Waals surface area (Å²) in [6.07, 6.45) is 1.34. The number of nitrogens with one attached hydrogen (secondary N) is 1. The van der Waals surface area contributed by atoms with Gasteiger partial charge >= 0.3 is 11.9 Å². The molecule has 2 aromatic heterocycles. The van der Waals surface area contributed by atoms with Crippen LogP contribution >= 0.6 is 0 Å². The van der Waals surface area contributed by atoms with Crippen molar-refractivity contribution in [3.8, 4) is 22.3 Å². The van der Waals surface area contributed by atoms with E-state index in [1.807, 2.05) is 12.1 Å². The highest BCUT2D eigenvalue weighted by molar-refractivity contribution is 6.07. The molecule has 0 unspecified atom stereocenters. The summed E-state index contributed by atoms with van der Waals surface area (Å²) < 4.78 is 5.21. The van der Waals surface area contributed by atoms with Gasteiger partial charge in [0, 0.05) is 5.56 Å². The summed E-state index contributed by atoms with van der Waals surface area (Å²) in [5.74, 6) is -3.41. The minimum absolute atomic E-state index is 0.240. The highest BCUT2D eigenvalue weighted by Gasteiger charge is 2.26. The van der Waals surface area contributed by atoms with Crippen LogP contribution in [0.4, 0.5) is 5.82 Å². The number of carboxylic acid groups (broad SMARTS) is 2. The number of hydrogen-bond acceptors (Lipinski definition) is 6. The first-order chi connectivity index (χ1) is 13.9. The van der Waals surface area contributed by atoms with Crippen molar-refractivity contribution >= 4 is 28.9 Å². The molecule has 0 spiro atoms. The fraction of sp³-hybridized carbons (Fsp3) is 0. The van der Waals surface area contributed by atoms with Gasteiger partial charge in [-0.05, 0) is 28.8 Å². The van der Waals surface area contributed by atoms with Crippen LogP contribution in [0, 0.1) is 0 Å². The average molecular weight is 391 g/mol. The monoisotopic (exact) mass is 391 g/mol. The summed E-state index contributed by atoms with van der Waals surface area (Å²) >= 11 is 0. The standard InChI is InChI=1S/C20H13N3O6/c21-17-15(19(25)26)14(16(20(27)28)18(24)23-17)10-3-1-9(2-4-10)11-5-6-13-12(7-11)22-8-29-13/h1-8H,(H,25,26)(H,27,28)(H3,21,23,24). The van der Waals surface area contributed by atoms with Gasteiger partial charge in [-0.3, -0.25) is 4.79 Å². The Morgan fingerprint density at radius 2 is 1.55 bits per heavy atom. The van der Waals surface area contributed by atoms with Gasteiger partial charge in [-0.25, -0.2) is 14.6 Å². The highest BCUT2D eigenvalue weighted by atomic mass is 16.4. The summed E-state index contributed by atoms with van der Waals surface area (Å²) in [7, 11) is 0. The number of nitrogen functional groups attached to an aromatic ring is 1. The van der Waals surface area contributed by atoms with Crippen LogP contribution in [0.2, 0.25) is 0 Å². The smallest absolute Gasteiger partial charge is 0.342 e. The Balaban J connectivity index is 1.88. The second-order valence-corrected chi connectivity index (χ2v) is 6.22. The summed E-state index contributed by atoms with van der Waals surface area (Å²) in [6, 6.07) is 11.9. The van der Waals surface area contributed by atoms with Crippen molar-refractivity contribution < 1.29 is 24.2 Å². The molecule has 9 heteroatoms. The van der Waals surface area contributed by atoms with Crippen molar-refractivity contribution in [2.45, 2.75) is 0 Å². The van der Waals surface area contributed by atoms with E-state index >= 15 is 0 Å². The number of fused-ring (bicyclic) bond motifs is 1. The van der Waals surface area contributed by atoms with E-state index in [1.54, 1.807) is 18.2 Å². The number of aromatic carboxylic acids is 2. The molecule has 0 aliphatic rings. The van der Waals surface area contributed by atoms with Gasteiger partial charge in [0.05, 0.1) is 0 Å². The summed E-state index contributed by atoms with van der Waals surface area (Å²) in [6.45, 7) is 0. The van der Waals surface area contributed by atoms with Crippen LogP contribution in [0.25, 0.3) is 33.4 Å². The maximum absolute atomic E-state index is 12.1. The van der Waals surface area contributed by atoms with Crippen molar-refractivity contribution in [1.82, 2.24) is 9.97 Å². The van der Waals surface area contributed by atoms with Crippen LogP contribution in [0.5, 0.6) is 0 Å². The summed E-state index contributed by atoms with van der Waals surface area (Å²) in [5, 5.41) is 19.0. The quantitative estimate of drug-likeness (QED) is 0.413. The molecule has 0 saturated carbocycles. The maximum Gasteiger partial charge on any atom is 0.342 e. The van der Waals surface area contributed by atoms with Crippen molar-refractivity contribution in [3.05, 3.63) is 70.3 Å². The molecule has 0 atom stereocenters. The summed E-state index contributed by atoms with van der Waals surface area (Å²) in [4.78, 5) is 41.6. The fourth-order valence-electron chi connectivity index (χ4n) is 3.20. The first-order valence-corrected chi connectivity index (χ1v) is 8.33. The first-order valence-electron chi connectivity index (χ1n) is 8.33. The van der Waals surface area contributed by atoms with Crippen LogP contribution in [0.3, 0.4) is 0 Å². The van der Waals surface area contributed by atoms with Crippen molar-refractivity contribution in [3.63, 3.8) is 0 Å². The molecule has 29 heavy (non-hydrogen) atoms. The zero-order valence-corrected chi connectivity index (χ0v) is 14.7. The van der Waals surface area contributed by atoms with E-state index in [-0.39, 0.29) is 11.1 Å². The predicted octanol–water partition coefficient (Wildman–Crippen LogP) is 2.83. The molecule has 5 N–H and O–H groups in total. The molecule has 0 bridgehead atoms. The molecule has 144 valence electrons. The van der Waals surface area contributed by atoms with Gasteiger partial charge in [-0.2, -0.15) is 0 Å². The molecule has 0 saturated heterocycles. The number of carbonyl (C=O) groups is 2. The maximum atomic E-state index is 12.1. The lowest BCUT2D eigenvalue weighted by molar-refractivity contribution is 0.0695. The SMILES string of the molecule is Nc1[nH]c(=O)c(C(=O)O)c(-c2ccc(-c3ccc4ocnc4c3)cc2)c1C(=O)O. The molecule has 4 rings (SSSR count). The number of aromatic nitrogens is 2. The van der Waals surface area contributed by atoms with E-state index in [0.717, 1.165) is 11.1 Å². The van der Waals surface area contributed by atoms with E-state index in [0.29, 0.717) is 11.1 Å². The van der Waals surface area contributed by atoms with Crippen LogP contribution < -0.4 is 11.3 Å². The van der Waals surface area contributed by atoms with E-state index in [1.165, 1.54) is 18.5 Å². The first kappa shape index (κ1) is 18.0. The normalized spacial score (nSPS) is 10.9. The molecule has 0 radical (unpaired) electrons. The number of aromatic amines is 1. The lowest BCUT2D eigenvalue weighted by Crippen LogP contribution is -2.24. The molecule has 2 aromatic carbocycles. The van der Waals surface area contributed by atoms with E-state index in [4.69, 9.17) is 10.2 Å². The van der Waals surface area contributed by atoms with Crippen molar-refractivity contribution in [2.24, 2.45) is 0 Å². The fourth-order valence-corrected chi connectivity index (χ4v) is 3.20. The molecular formula is C20H13N3O6. The number of pyridine rings is 1.